The van der Waals surface area contributed by atoms with Gasteiger partial charge >= 0.3 is 0 Å². The number of nitrogens with one attached hydrogen (secondary N) is 2. The molecule has 2 heterocycles. The van der Waals surface area contributed by atoms with E-state index in [1.54, 1.807) is 29.8 Å². The number of amides is 1. The number of pyridine rings is 1. The van der Waals surface area contributed by atoms with Crippen LogP contribution >= 0.6 is 11.3 Å². The summed E-state index contributed by atoms with van der Waals surface area (Å²) in [5.74, 6) is -0.0865. The third kappa shape index (κ3) is 3.77. The molecule has 0 fully saturated rings. The summed E-state index contributed by atoms with van der Waals surface area (Å²) in [5, 5.41) is 9.11. The minimum atomic E-state index is -0.0865. The number of aryl methyl sites for hydroxylation is 1. The van der Waals surface area contributed by atoms with E-state index in [1.165, 1.54) is 0 Å². The molecule has 2 aromatic rings. The number of rotatable bonds is 6. The van der Waals surface area contributed by atoms with Gasteiger partial charge in [0.2, 0.25) is 0 Å². The van der Waals surface area contributed by atoms with Gasteiger partial charge in [0, 0.05) is 36.8 Å². The van der Waals surface area contributed by atoms with Crippen molar-refractivity contribution in [1.82, 2.24) is 15.3 Å². The quantitative estimate of drug-likeness (QED) is 0.856. The molecule has 1 amide bonds. The van der Waals surface area contributed by atoms with Gasteiger partial charge in [-0.1, -0.05) is 0 Å². The van der Waals surface area contributed by atoms with Gasteiger partial charge in [-0.2, -0.15) is 0 Å². The number of anilines is 1. The van der Waals surface area contributed by atoms with Crippen LogP contribution in [0.3, 0.4) is 0 Å². The van der Waals surface area contributed by atoms with E-state index in [1.807, 2.05) is 19.2 Å². The first-order valence-electron chi connectivity index (χ1n) is 6.57. The molecule has 0 aliphatic rings. The molecule has 0 saturated carbocycles. The average molecular weight is 290 g/mol. The second kappa shape index (κ2) is 7.00. The van der Waals surface area contributed by atoms with Gasteiger partial charge in [-0.15, -0.1) is 11.3 Å². The Balaban J connectivity index is 1.91. The zero-order valence-corrected chi connectivity index (χ0v) is 12.5. The van der Waals surface area contributed by atoms with Gasteiger partial charge in [-0.05, 0) is 19.9 Å². The number of nitrogens with zero attached hydrogens (tertiary/aromatic N) is 2. The maximum atomic E-state index is 12.1. The van der Waals surface area contributed by atoms with E-state index in [4.69, 9.17) is 0 Å². The summed E-state index contributed by atoms with van der Waals surface area (Å²) in [5.41, 5.74) is 2.41. The van der Waals surface area contributed by atoms with Gasteiger partial charge in [0.1, 0.15) is 0 Å². The highest BCUT2D eigenvalue weighted by atomic mass is 32.1. The second-order valence-electron chi connectivity index (χ2n) is 4.34. The van der Waals surface area contributed by atoms with Crippen LogP contribution < -0.4 is 10.6 Å². The molecule has 0 spiro atoms. The maximum Gasteiger partial charge on any atom is 0.253 e. The van der Waals surface area contributed by atoms with Crippen LogP contribution in [0.4, 0.5) is 5.69 Å². The van der Waals surface area contributed by atoms with E-state index in [0.717, 1.165) is 29.4 Å². The lowest BCUT2D eigenvalue weighted by Crippen LogP contribution is -2.26. The van der Waals surface area contributed by atoms with Gasteiger partial charge in [-0.25, -0.2) is 4.98 Å². The summed E-state index contributed by atoms with van der Waals surface area (Å²) in [4.78, 5) is 20.5. The van der Waals surface area contributed by atoms with Crippen LogP contribution in [0.15, 0.2) is 23.8 Å². The Kier molecular flexibility index (Phi) is 5.06. The molecule has 0 radical (unpaired) electrons. The van der Waals surface area contributed by atoms with Crippen LogP contribution in [0.25, 0.3) is 0 Å². The summed E-state index contributed by atoms with van der Waals surface area (Å²) < 4.78 is 0. The monoisotopic (exact) mass is 290 g/mol. The Labute approximate surface area is 122 Å². The number of carbonyl (C=O) groups excluding carboxylic acids is 1. The molecule has 0 aliphatic heterocycles. The highest BCUT2D eigenvalue weighted by Crippen LogP contribution is 2.13. The minimum absolute atomic E-state index is 0.0865. The predicted octanol–water partition coefficient (Wildman–Crippen LogP) is 2.25. The number of thiazole rings is 1. The molecule has 20 heavy (non-hydrogen) atoms. The highest BCUT2D eigenvalue weighted by Gasteiger charge is 2.10. The summed E-state index contributed by atoms with van der Waals surface area (Å²) >= 11 is 1.62. The van der Waals surface area contributed by atoms with Gasteiger partial charge in [0.05, 0.1) is 22.5 Å². The lowest BCUT2D eigenvalue weighted by atomic mass is 10.2. The largest absolute Gasteiger partial charge is 0.383 e. The van der Waals surface area contributed by atoms with Crippen molar-refractivity contribution in [2.45, 2.75) is 20.3 Å². The first-order valence-corrected chi connectivity index (χ1v) is 7.45. The molecule has 0 aromatic carbocycles. The number of hydrogen-bond acceptors (Lipinski definition) is 5. The molecule has 0 unspecified atom stereocenters. The van der Waals surface area contributed by atoms with Crippen LogP contribution in [0.1, 0.15) is 28.0 Å². The van der Waals surface area contributed by atoms with Gasteiger partial charge < -0.3 is 10.6 Å². The van der Waals surface area contributed by atoms with Crippen molar-refractivity contribution in [1.29, 1.82) is 0 Å². The van der Waals surface area contributed by atoms with E-state index in [2.05, 4.69) is 20.6 Å². The SMILES string of the molecule is CCNc1cnccc1C(=O)NCCc1nc(C)cs1. The molecule has 0 atom stereocenters. The molecule has 106 valence electrons. The van der Waals surface area contributed by atoms with Crippen LogP contribution in [-0.2, 0) is 6.42 Å². The molecule has 0 saturated heterocycles. The fourth-order valence-electron chi connectivity index (χ4n) is 1.82. The molecule has 2 rings (SSSR count). The minimum Gasteiger partial charge on any atom is -0.383 e. The van der Waals surface area contributed by atoms with Gasteiger partial charge in [0.25, 0.3) is 5.91 Å². The molecule has 5 nitrogen and oxygen atoms in total. The van der Waals surface area contributed by atoms with E-state index in [-0.39, 0.29) is 5.91 Å². The van der Waals surface area contributed by atoms with Crippen LogP contribution in [0.5, 0.6) is 0 Å². The molecular weight excluding hydrogens is 272 g/mol. The Bertz CT molecular complexity index is 582. The lowest BCUT2D eigenvalue weighted by molar-refractivity contribution is 0.0955. The fraction of sp³-hybridized carbons (Fsp3) is 0.357. The fourth-order valence-corrected chi connectivity index (χ4v) is 2.60. The van der Waals surface area contributed by atoms with Crippen LogP contribution in [0.2, 0.25) is 0 Å². The van der Waals surface area contributed by atoms with E-state index in [0.29, 0.717) is 12.1 Å². The third-order valence-electron chi connectivity index (χ3n) is 2.72. The predicted molar refractivity (Wildman–Crippen MR) is 81.3 cm³/mol. The van der Waals surface area contributed by atoms with Gasteiger partial charge in [0.15, 0.2) is 0 Å². The molecule has 6 heteroatoms. The Morgan fingerprint density at radius 3 is 3.00 bits per heavy atom. The standard InChI is InChI=1S/C14H18N4OS/c1-3-16-12-8-15-6-4-11(12)14(19)17-7-5-13-18-10(2)9-20-13/h4,6,8-9,16H,3,5,7H2,1-2H3,(H,17,19). The summed E-state index contributed by atoms with van der Waals surface area (Å²) in [6.07, 6.45) is 4.05. The highest BCUT2D eigenvalue weighted by molar-refractivity contribution is 7.09. The first-order chi connectivity index (χ1) is 9.70. The first kappa shape index (κ1) is 14.5. The summed E-state index contributed by atoms with van der Waals surface area (Å²) in [7, 11) is 0. The van der Waals surface area contributed by atoms with Crippen LogP contribution in [0, 0.1) is 6.92 Å². The Morgan fingerprint density at radius 1 is 1.45 bits per heavy atom. The molecule has 0 aliphatic carbocycles. The van der Waals surface area contributed by atoms with E-state index < -0.39 is 0 Å². The van der Waals surface area contributed by atoms with Crippen molar-refractivity contribution in [3.63, 3.8) is 0 Å². The van der Waals surface area contributed by atoms with Gasteiger partial charge in [-0.3, -0.25) is 9.78 Å². The topological polar surface area (TPSA) is 66.9 Å². The van der Waals surface area contributed by atoms with Crippen molar-refractivity contribution in [2.24, 2.45) is 0 Å². The van der Waals surface area contributed by atoms with Crippen LogP contribution in [-0.4, -0.2) is 29.0 Å². The number of hydrogen-bond donors (Lipinski definition) is 2. The Hall–Kier alpha value is -1.95. The lowest BCUT2D eigenvalue weighted by Gasteiger charge is -2.09. The van der Waals surface area contributed by atoms with Crippen molar-refractivity contribution in [2.75, 3.05) is 18.4 Å². The third-order valence-corrected chi connectivity index (χ3v) is 3.75. The van der Waals surface area contributed by atoms with E-state index in [9.17, 15) is 4.79 Å². The summed E-state index contributed by atoms with van der Waals surface area (Å²) in [6.45, 7) is 5.29. The maximum absolute atomic E-state index is 12.1. The Morgan fingerprint density at radius 2 is 2.30 bits per heavy atom. The molecular formula is C14H18N4OS. The average Bonchev–Trinajstić information content (AvgIpc) is 2.85. The zero-order chi connectivity index (χ0) is 14.4. The number of carbonyl (C=O) groups is 1. The normalized spacial score (nSPS) is 10.3. The van der Waals surface area contributed by atoms with Crippen molar-refractivity contribution in [3.05, 3.63) is 40.1 Å². The molecule has 2 aromatic heterocycles. The number of aromatic nitrogens is 2. The van der Waals surface area contributed by atoms with E-state index >= 15 is 0 Å². The molecule has 2 N–H and O–H groups in total. The smallest absolute Gasteiger partial charge is 0.253 e. The van der Waals surface area contributed by atoms with Crippen molar-refractivity contribution >= 4 is 22.9 Å². The van der Waals surface area contributed by atoms with Crippen molar-refractivity contribution in [3.8, 4) is 0 Å². The summed E-state index contributed by atoms with van der Waals surface area (Å²) in [6, 6.07) is 1.72. The van der Waals surface area contributed by atoms with Crippen molar-refractivity contribution < 1.29 is 4.79 Å². The molecule has 0 bridgehead atoms. The second-order valence-corrected chi connectivity index (χ2v) is 5.28. The zero-order valence-electron chi connectivity index (χ0n) is 11.6.